The van der Waals surface area contributed by atoms with E-state index in [-0.39, 0.29) is 12.2 Å². The molecule has 0 spiro atoms. The van der Waals surface area contributed by atoms with Gasteiger partial charge in [0, 0.05) is 14.2 Å². The Bertz CT molecular complexity index is 116. The van der Waals surface area contributed by atoms with Crippen molar-refractivity contribution < 1.29 is 14.3 Å². The highest BCUT2D eigenvalue weighted by Gasteiger charge is 2.07. The van der Waals surface area contributed by atoms with Gasteiger partial charge < -0.3 is 9.47 Å². The quantitative estimate of drug-likeness (QED) is 0.422. The fraction of sp³-hybridized carbons (Fsp3) is 0.571. The van der Waals surface area contributed by atoms with Crippen LogP contribution < -0.4 is 0 Å². The first kappa shape index (κ1) is 9.33. The minimum Gasteiger partial charge on any atom is -0.355 e. The Labute approximate surface area is 60.6 Å². The molecule has 0 bridgehead atoms. The number of carbonyl (C=O) groups excluding carboxylic acids is 1. The van der Waals surface area contributed by atoms with Crippen molar-refractivity contribution >= 4 is 5.78 Å². The molecule has 0 N–H and O–H groups in total. The van der Waals surface area contributed by atoms with E-state index in [1.165, 1.54) is 20.3 Å². The van der Waals surface area contributed by atoms with E-state index in [1.807, 2.05) is 0 Å². The van der Waals surface area contributed by atoms with E-state index in [0.717, 1.165) is 0 Å². The zero-order chi connectivity index (χ0) is 7.98. The van der Waals surface area contributed by atoms with Crippen molar-refractivity contribution in [2.75, 3.05) is 14.2 Å². The Morgan fingerprint density at radius 2 is 2.10 bits per heavy atom. The summed E-state index contributed by atoms with van der Waals surface area (Å²) in [7, 11) is 2.98. The van der Waals surface area contributed by atoms with E-state index >= 15 is 0 Å². The average Bonchev–Trinajstić information content (AvgIpc) is 1.99. The van der Waals surface area contributed by atoms with Crippen LogP contribution >= 0.6 is 0 Å². The van der Waals surface area contributed by atoms with Gasteiger partial charge in [-0.25, -0.2) is 0 Å². The van der Waals surface area contributed by atoms with Crippen molar-refractivity contribution in [3.63, 3.8) is 0 Å². The molecule has 0 fully saturated rings. The van der Waals surface area contributed by atoms with Crippen LogP contribution in [0.5, 0.6) is 0 Å². The Kier molecular flexibility index (Phi) is 4.80. The fourth-order valence-electron chi connectivity index (χ4n) is 0.510. The predicted octanol–water partition coefficient (Wildman–Crippen LogP) is 0.750. The number of hydrogen-bond donors (Lipinski definition) is 0. The standard InChI is InChI=1S/C7H12O3/c1-4-6(8)5-7(9-2)10-3/h4,7H,1,5H2,2-3H3. The van der Waals surface area contributed by atoms with Crippen LogP contribution in [0.25, 0.3) is 0 Å². The Balaban J connectivity index is 3.62. The summed E-state index contributed by atoms with van der Waals surface area (Å²) < 4.78 is 9.56. The highest BCUT2D eigenvalue weighted by Crippen LogP contribution is 1.98. The second-order valence-electron chi connectivity index (χ2n) is 1.78. The van der Waals surface area contributed by atoms with Gasteiger partial charge in [0.25, 0.3) is 0 Å². The van der Waals surface area contributed by atoms with Crippen LogP contribution in [0, 0.1) is 0 Å². The largest absolute Gasteiger partial charge is 0.355 e. The number of carbonyl (C=O) groups is 1. The molecule has 10 heavy (non-hydrogen) atoms. The molecular formula is C7H12O3. The number of allylic oxidation sites excluding steroid dienone is 1. The molecule has 0 radical (unpaired) electrons. The molecule has 0 saturated carbocycles. The maximum atomic E-state index is 10.7. The van der Waals surface area contributed by atoms with E-state index in [2.05, 4.69) is 6.58 Å². The molecule has 0 rings (SSSR count). The van der Waals surface area contributed by atoms with Gasteiger partial charge in [-0.2, -0.15) is 0 Å². The van der Waals surface area contributed by atoms with E-state index < -0.39 is 6.29 Å². The molecule has 3 nitrogen and oxygen atoms in total. The fourth-order valence-corrected chi connectivity index (χ4v) is 0.510. The molecule has 0 saturated heterocycles. The van der Waals surface area contributed by atoms with Crippen molar-refractivity contribution in [2.24, 2.45) is 0 Å². The summed E-state index contributed by atoms with van der Waals surface area (Å²) in [6.45, 7) is 3.32. The van der Waals surface area contributed by atoms with Crippen molar-refractivity contribution in [2.45, 2.75) is 12.7 Å². The molecule has 0 aromatic heterocycles. The maximum Gasteiger partial charge on any atom is 0.164 e. The van der Waals surface area contributed by atoms with Crippen LogP contribution in [0.15, 0.2) is 12.7 Å². The lowest BCUT2D eigenvalue weighted by atomic mass is 10.3. The molecule has 0 aromatic carbocycles. The number of ketones is 1. The zero-order valence-corrected chi connectivity index (χ0v) is 6.29. The summed E-state index contributed by atoms with van der Waals surface area (Å²) in [5, 5.41) is 0. The molecule has 0 aliphatic carbocycles. The number of ether oxygens (including phenoxy) is 2. The van der Waals surface area contributed by atoms with Gasteiger partial charge in [0.05, 0.1) is 6.42 Å². The molecule has 0 aliphatic rings. The first-order chi connectivity index (χ1) is 4.74. The summed E-state index contributed by atoms with van der Waals surface area (Å²) >= 11 is 0. The van der Waals surface area contributed by atoms with Gasteiger partial charge in [-0.15, -0.1) is 0 Å². The van der Waals surface area contributed by atoms with Crippen molar-refractivity contribution in [3.8, 4) is 0 Å². The normalized spacial score (nSPS) is 9.90. The van der Waals surface area contributed by atoms with Crippen LogP contribution in [0.4, 0.5) is 0 Å². The molecule has 0 aromatic rings. The van der Waals surface area contributed by atoms with Gasteiger partial charge in [0.15, 0.2) is 12.1 Å². The van der Waals surface area contributed by atoms with Crippen LogP contribution in [-0.2, 0) is 14.3 Å². The molecule has 3 heteroatoms. The summed E-state index contributed by atoms with van der Waals surface area (Å²) in [6, 6.07) is 0. The molecule has 0 aliphatic heterocycles. The lowest BCUT2D eigenvalue weighted by Gasteiger charge is -2.09. The number of methoxy groups -OCH3 is 2. The smallest absolute Gasteiger partial charge is 0.164 e. The highest BCUT2D eigenvalue weighted by atomic mass is 16.7. The van der Waals surface area contributed by atoms with Crippen LogP contribution in [0.2, 0.25) is 0 Å². The third-order valence-electron chi connectivity index (χ3n) is 1.12. The van der Waals surface area contributed by atoms with Gasteiger partial charge >= 0.3 is 0 Å². The summed E-state index contributed by atoms with van der Waals surface area (Å²) in [5.41, 5.74) is 0. The highest BCUT2D eigenvalue weighted by molar-refractivity contribution is 5.89. The summed E-state index contributed by atoms with van der Waals surface area (Å²) in [6.07, 6.45) is 1.05. The Morgan fingerprint density at radius 1 is 1.60 bits per heavy atom. The van der Waals surface area contributed by atoms with Crippen LogP contribution in [0.1, 0.15) is 6.42 Å². The predicted molar refractivity (Wildman–Crippen MR) is 37.6 cm³/mol. The van der Waals surface area contributed by atoms with Gasteiger partial charge in [0.2, 0.25) is 0 Å². The molecule has 0 atom stereocenters. The topological polar surface area (TPSA) is 35.5 Å². The third kappa shape index (κ3) is 3.37. The number of hydrogen-bond acceptors (Lipinski definition) is 3. The number of rotatable bonds is 5. The van der Waals surface area contributed by atoms with Crippen molar-refractivity contribution in [3.05, 3.63) is 12.7 Å². The molecular weight excluding hydrogens is 132 g/mol. The first-order valence-corrected chi connectivity index (χ1v) is 2.95. The Morgan fingerprint density at radius 3 is 2.40 bits per heavy atom. The van der Waals surface area contributed by atoms with E-state index in [4.69, 9.17) is 9.47 Å². The molecule has 0 amide bonds. The molecule has 0 unspecified atom stereocenters. The van der Waals surface area contributed by atoms with E-state index in [0.29, 0.717) is 0 Å². The van der Waals surface area contributed by atoms with Gasteiger partial charge in [-0.1, -0.05) is 6.58 Å². The molecule has 58 valence electrons. The zero-order valence-electron chi connectivity index (χ0n) is 6.29. The summed E-state index contributed by atoms with van der Waals surface area (Å²) in [4.78, 5) is 10.7. The Hall–Kier alpha value is -0.670. The SMILES string of the molecule is C=CC(=O)CC(OC)OC. The van der Waals surface area contributed by atoms with Crippen LogP contribution in [-0.4, -0.2) is 26.3 Å². The minimum absolute atomic E-state index is 0.0753. The summed E-state index contributed by atoms with van der Waals surface area (Å²) in [5.74, 6) is -0.0753. The maximum absolute atomic E-state index is 10.7. The van der Waals surface area contributed by atoms with Crippen LogP contribution in [0.3, 0.4) is 0 Å². The van der Waals surface area contributed by atoms with Gasteiger partial charge in [-0.05, 0) is 6.08 Å². The van der Waals surface area contributed by atoms with E-state index in [9.17, 15) is 4.79 Å². The first-order valence-electron chi connectivity index (χ1n) is 2.95. The second kappa shape index (κ2) is 5.14. The second-order valence-corrected chi connectivity index (χ2v) is 1.78. The lowest BCUT2D eigenvalue weighted by molar-refractivity contribution is -0.133. The lowest BCUT2D eigenvalue weighted by Crippen LogP contribution is -2.16. The molecule has 0 heterocycles. The minimum atomic E-state index is -0.439. The van der Waals surface area contributed by atoms with Gasteiger partial charge in [0.1, 0.15) is 0 Å². The monoisotopic (exact) mass is 144 g/mol. The van der Waals surface area contributed by atoms with Gasteiger partial charge in [-0.3, -0.25) is 4.79 Å². The van der Waals surface area contributed by atoms with Crippen molar-refractivity contribution in [1.29, 1.82) is 0 Å². The average molecular weight is 144 g/mol. The third-order valence-corrected chi connectivity index (χ3v) is 1.12. The van der Waals surface area contributed by atoms with Crippen molar-refractivity contribution in [1.82, 2.24) is 0 Å². The van der Waals surface area contributed by atoms with E-state index in [1.54, 1.807) is 0 Å².